The van der Waals surface area contributed by atoms with Crippen LogP contribution in [0, 0.1) is 0 Å². The van der Waals surface area contributed by atoms with Crippen LogP contribution < -0.4 is 5.32 Å². The molecule has 2 aliphatic heterocycles. The number of urea groups is 1. The van der Waals surface area contributed by atoms with Crippen LogP contribution in [0.25, 0.3) is 0 Å². The van der Waals surface area contributed by atoms with Crippen molar-refractivity contribution < 1.29 is 14.6 Å². The number of hydrogen-bond donors (Lipinski definition) is 2. The molecule has 1 aromatic rings. The minimum absolute atomic E-state index is 0.0226. The molecule has 0 aromatic carbocycles. The zero-order valence-electron chi connectivity index (χ0n) is 12.8. The quantitative estimate of drug-likeness (QED) is 0.866. The molecule has 2 aliphatic rings. The van der Waals surface area contributed by atoms with Gasteiger partial charge >= 0.3 is 6.03 Å². The predicted molar refractivity (Wildman–Crippen MR) is 80.4 cm³/mol. The van der Waals surface area contributed by atoms with E-state index in [4.69, 9.17) is 9.84 Å². The SMILES string of the molecule is O=C(NC1CCCn2nccc21)N1CCCC(OCCO)C1. The largest absolute Gasteiger partial charge is 0.394 e. The number of aliphatic hydroxyl groups is 1. The molecule has 7 nitrogen and oxygen atoms in total. The molecule has 0 bridgehead atoms. The minimum atomic E-state index is -0.0306. The lowest BCUT2D eigenvalue weighted by atomic mass is 10.0. The lowest BCUT2D eigenvalue weighted by Crippen LogP contribution is -2.49. The second-order valence-electron chi connectivity index (χ2n) is 5.93. The molecular formula is C15H24N4O3. The average Bonchev–Trinajstić information content (AvgIpc) is 3.03. The van der Waals surface area contributed by atoms with Gasteiger partial charge in [-0.2, -0.15) is 5.10 Å². The van der Waals surface area contributed by atoms with E-state index >= 15 is 0 Å². The Labute approximate surface area is 130 Å². The number of ether oxygens (including phenoxy) is 1. The maximum Gasteiger partial charge on any atom is 0.318 e. The van der Waals surface area contributed by atoms with Gasteiger partial charge in [0, 0.05) is 25.8 Å². The molecule has 0 aliphatic carbocycles. The van der Waals surface area contributed by atoms with E-state index in [1.807, 2.05) is 15.6 Å². The molecule has 0 radical (unpaired) electrons. The third kappa shape index (κ3) is 3.41. The maximum absolute atomic E-state index is 12.5. The minimum Gasteiger partial charge on any atom is -0.394 e. The second kappa shape index (κ2) is 7.11. The van der Waals surface area contributed by atoms with Gasteiger partial charge in [0.25, 0.3) is 0 Å². The Hall–Kier alpha value is -1.60. The van der Waals surface area contributed by atoms with Crippen LogP contribution in [0.1, 0.15) is 37.4 Å². The average molecular weight is 308 g/mol. The number of amides is 2. The third-order valence-electron chi connectivity index (χ3n) is 4.38. The van der Waals surface area contributed by atoms with E-state index in [2.05, 4.69) is 10.4 Å². The Bertz CT molecular complexity index is 505. The zero-order chi connectivity index (χ0) is 15.4. The van der Waals surface area contributed by atoms with E-state index in [1.54, 1.807) is 6.20 Å². The third-order valence-corrected chi connectivity index (χ3v) is 4.38. The number of aliphatic hydroxyl groups excluding tert-OH is 1. The summed E-state index contributed by atoms with van der Waals surface area (Å²) in [6.45, 7) is 2.64. The first-order chi connectivity index (χ1) is 10.8. The van der Waals surface area contributed by atoms with Gasteiger partial charge in [-0.15, -0.1) is 0 Å². The summed E-state index contributed by atoms with van der Waals surface area (Å²) in [5, 5.41) is 16.2. The number of piperidine rings is 1. The molecule has 22 heavy (non-hydrogen) atoms. The van der Waals surface area contributed by atoms with Crippen LogP contribution in [-0.2, 0) is 11.3 Å². The number of nitrogens with one attached hydrogen (secondary N) is 1. The lowest BCUT2D eigenvalue weighted by Gasteiger charge is -2.34. The highest BCUT2D eigenvalue weighted by Crippen LogP contribution is 2.24. The van der Waals surface area contributed by atoms with Crippen LogP contribution in [0.5, 0.6) is 0 Å². The van der Waals surface area contributed by atoms with Gasteiger partial charge in [-0.1, -0.05) is 0 Å². The van der Waals surface area contributed by atoms with Gasteiger partial charge in [-0.05, 0) is 31.7 Å². The monoisotopic (exact) mass is 308 g/mol. The maximum atomic E-state index is 12.5. The number of rotatable bonds is 4. The first kappa shape index (κ1) is 15.3. The highest BCUT2D eigenvalue weighted by molar-refractivity contribution is 5.74. The first-order valence-corrected chi connectivity index (χ1v) is 8.07. The number of nitrogens with zero attached hydrogens (tertiary/aromatic N) is 3. The van der Waals surface area contributed by atoms with Crippen LogP contribution in [0.15, 0.2) is 12.3 Å². The number of carbonyl (C=O) groups is 1. The van der Waals surface area contributed by atoms with Crippen LogP contribution in [0.2, 0.25) is 0 Å². The molecule has 1 fully saturated rings. The van der Waals surface area contributed by atoms with E-state index in [9.17, 15) is 4.79 Å². The van der Waals surface area contributed by atoms with Crippen molar-refractivity contribution in [2.45, 2.75) is 44.4 Å². The Balaban J connectivity index is 1.56. The van der Waals surface area contributed by atoms with Crippen molar-refractivity contribution in [1.82, 2.24) is 20.0 Å². The zero-order valence-corrected chi connectivity index (χ0v) is 12.8. The molecule has 2 amide bonds. The number of aryl methyl sites for hydroxylation is 1. The Kier molecular flexibility index (Phi) is 4.94. The molecular weight excluding hydrogens is 284 g/mol. The smallest absolute Gasteiger partial charge is 0.318 e. The van der Waals surface area contributed by atoms with E-state index in [-0.39, 0.29) is 24.8 Å². The highest BCUT2D eigenvalue weighted by Gasteiger charge is 2.28. The van der Waals surface area contributed by atoms with Crippen molar-refractivity contribution in [3.8, 4) is 0 Å². The van der Waals surface area contributed by atoms with E-state index in [0.29, 0.717) is 13.2 Å². The van der Waals surface area contributed by atoms with Crippen molar-refractivity contribution in [3.05, 3.63) is 18.0 Å². The molecule has 122 valence electrons. The van der Waals surface area contributed by atoms with Gasteiger partial charge in [0.15, 0.2) is 0 Å². The van der Waals surface area contributed by atoms with Gasteiger partial charge in [0.2, 0.25) is 0 Å². The van der Waals surface area contributed by atoms with E-state index in [1.165, 1.54) is 0 Å². The number of hydrogen-bond acceptors (Lipinski definition) is 4. The standard InChI is InChI=1S/C15H24N4O3/c20-9-10-22-12-3-1-7-18(11-12)15(21)17-13-4-2-8-19-14(13)5-6-16-19/h5-6,12-13,20H,1-4,7-11H2,(H,17,21). The number of fused-ring (bicyclic) bond motifs is 1. The normalized spacial score (nSPS) is 24.9. The summed E-state index contributed by atoms with van der Waals surface area (Å²) >= 11 is 0. The number of carbonyl (C=O) groups excluding carboxylic acids is 1. The fourth-order valence-electron chi connectivity index (χ4n) is 3.28. The summed E-state index contributed by atoms with van der Waals surface area (Å²) in [5.41, 5.74) is 1.09. The summed E-state index contributed by atoms with van der Waals surface area (Å²) in [5.74, 6) is 0. The number of aromatic nitrogens is 2. The van der Waals surface area contributed by atoms with E-state index in [0.717, 1.165) is 44.5 Å². The summed E-state index contributed by atoms with van der Waals surface area (Å²) < 4.78 is 7.53. The van der Waals surface area contributed by atoms with Crippen molar-refractivity contribution in [2.24, 2.45) is 0 Å². The number of likely N-dealkylation sites (tertiary alicyclic amines) is 1. The summed E-state index contributed by atoms with van der Waals surface area (Å²) in [6.07, 6.45) is 5.69. The molecule has 1 aromatic heterocycles. The lowest BCUT2D eigenvalue weighted by molar-refractivity contribution is -0.00608. The van der Waals surface area contributed by atoms with Gasteiger partial charge in [-0.3, -0.25) is 4.68 Å². The Morgan fingerprint density at radius 2 is 2.27 bits per heavy atom. The molecule has 2 N–H and O–H groups in total. The van der Waals surface area contributed by atoms with Gasteiger partial charge in [0.1, 0.15) is 0 Å². The van der Waals surface area contributed by atoms with Crippen LogP contribution in [-0.4, -0.2) is 58.2 Å². The van der Waals surface area contributed by atoms with Crippen molar-refractivity contribution in [2.75, 3.05) is 26.3 Å². The summed E-state index contributed by atoms with van der Waals surface area (Å²) in [4.78, 5) is 14.3. The van der Waals surface area contributed by atoms with Gasteiger partial charge < -0.3 is 20.1 Å². The van der Waals surface area contributed by atoms with Gasteiger partial charge in [0.05, 0.1) is 31.1 Å². The van der Waals surface area contributed by atoms with Gasteiger partial charge in [-0.25, -0.2) is 4.79 Å². The fourth-order valence-corrected chi connectivity index (χ4v) is 3.28. The topological polar surface area (TPSA) is 79.6 Å². The molecule has 3 rings (SSSR count). The molecule has 2 unspecified atom stereocenters. The van der Waals surface area contributed by atoms with Crippen molar-refractivity contribution in [3.63, 3.8) is 0 Å². The van der Waals surface area contributed by atoms with Crippen LogP contribution >= 0.6 is 0 Å². The molecule has 1 saturated heterocycles. The summed E-state index contributed by atoms with van der Waals surface area (Å²) in [7, 11) is 0. The molecule has 7 heteroatoms. The molecule has 0 spiro atoms. The molecule has 3 heterocycles. The molecule has 2 atom stereocenters. The fraction of sp³-hybridized carbons (Fsp3) is 0.733. The van der Waals surface area contributed by atoms with Crippen molar-refractivity contribution >= 4 is 6.03 Å². The van der Waals surface area contributed by atoms with Crippen LogP contribution in [0.3, 0.4) is 0 Å². The second-order valence-corrected chi connectivity index (χ2v) is 5.93. The van der Waals surface area contributed by atoms with E-state index < -0.39 is 0 Å². The summed E-state index contributed by atoms with van der Waals surface area (Å²) in [6, 6.07) is 1.99. The first-order valence-electron chi connectivity index (χ1n) is 8.07. The Morgan fingerprint density at radius 1 is 1.41 bits per heavy atom. The van der Waals surface area contributed by atoms with Crippen LogP contribution in [0.4, 0.5) is 4.79 Å². The van der Waals surface area contributed by atoms with Crippen molar-refractivity contribution in [1.29, 1.82) is 0 Å². The Morgan fingerprint density at radius 3 is 3.14 bits per heavy atom. The molecule has 0 saturated carbocycles. The highest BCUT2D eigenvalue weighted by atomic mass is 16.5. The predicted octanol–water partition coefficient (Wildman–Crippen LogP) is 0.901.